The molecule has 3 rings (SSSR count). The Hall–Kier alpha value is -2.36. The predicted molar refractivity (Wildman–Crippen MR) is 68.2 cm³/mol. The number of aryl methyl sites for hydroxylation is 1. The fraction of sp³-hybridized carbons (Fsp3) is 0.0769. The molecule has 0 amide bonds. The molecule has 2 heterocycles. The Morgan fingerprint density at radius 3 is 2.88 bits per heavy atom. The van der Waals surface area contributed by atoms with Crippen LogP contribution in [0.5, 0.6) is 0 Å². The van der Waals surface area contributed by atoms with Crippen LogP contribution in [0, 0.1) is 0 Å². The Morgan fingerprint density at radius 2 is 2.06 bits per heavy atom. The molecule has 0 saturated heterocycles. The van der Waals surface area contributed by atoms with Gasteiger partial charge in [0, 0.05) is 30.5 Å². The Balaban J connectivity index is 2.05. The van der Waals surface area contributed by atoms with Gasteiger partial charge in [0.25, 0.3) is 0 Å². The lowest BCUT2D eigenvalue weighted by atomic mass is 10.2. The molecule has 0 atom stereocenters. The molecule has 3 aromatic rings. The van der Waals surface area contributed by atoms with Crippen molar-refractivity contribution in [1.29, 1.82) is 0 Å². The lowest BCUT2D eigenvalue weighted by Gasteiger charge is -2.06. The maximum atomic E-state index is 4.33. The number of fused-ring (bicyclic) bond motifs is 1. The van der Waals surface area contributed by atoms with Crippen molar-refractivity contribution in [3.8, 4) is 0 Å². The molecule has 0 aliphatic carbocycles. The van der Waals surface area contributed by atoms with E-state index in [1.807, 2.05) is 37.5 Å². The number of para-hydroxylation sites is 1. The molecule has 84 valence electrons. The first kappa shape index (κ1) is 9.84. The Bertz CT molecular complexity index is 652. The van der Waals surface area contributed by atoms with Gasteiger partial charge in [0.1, 0.15) is 0 Å². The molecule has 2 aromatic heterocycles. The van der Waals surface area contributed by atoms with Gasteiger partial charge in [-0.1, -0.05) is 18.2 Å². The molecule has 1 N–H and O–H groups in total. The summed E-state index contributed by atoms with van der Waals surface area (Å²) in [5.74, 6) is 0. The Labute approximate surface area is 98.9 Å². The number of nitrogens with zero attached hydrogens (tertiary/aromatic N) is 3. The summed E-state index contributed by atoms with van der Waals surface area (Å²) in [6.07, 6.45) is 5.55. The van der Waals surface area contributed by atoms with Crippen LogP contribution in [0.1, 0.15) is 0 Å². The molecule has 0 radical (unpaired) electrons. The van der Waals surface area contributed by atoms with E-state index in [0.29, 0.717) is 0 Å². The molecular formula is C13H12N4. The first-order valence-electron chi connectivity index (χ1n) is 5.42. The van der Waals surface area contributed by atoms with Crippen LogP contribution in [0.25, 0.3) is 10.9 Å². The highest BCUT2D eigenvalue weighted by molar-refractivity contribution is 5.92. The van der Waals surface area contributed by atoms with Crippen molar-refractivity contribution in [2.45, 2.75) is 0 Å². The second kappa shape index (κ2) is 3.90. The van der Waals surface area contributed by atoms with E-state index in [2.05, 4.69) is 21.5 Å². The summed E-state index contributed by atoms with van der Waals surface area (Å²) >= 11 is 0. The lowest BCUT2D eigenvalue weighted by molar-refractivity contribution is 0.768. The van der Waals surface area contributed by atoms with Crippen molar-refractivity contribution in [1.82, 2.24) is 14.8 Å². The minimum absolute atomic E-state index is 0.976. The van der Waals surface area contributed by atoms with Crippen LogP contribution in [-0.4, -0.2) is 14.8 Å². The zero-order chi connectivity index (χ0) is 11.7. The fourth-order valence-corrected chi connectivity index (χ4v) is 1.85. The van der Waals surface area contributed by atoms with E-state index in [4.69, 9.17) is 0 Å². The molecule has 0 unspecified atom stereocenters. The van der Waals surface area contributed by atoms with Crippen molar-refractivity contribution < 1.29 is 0 Å². The molecule has 1 aromatic carbocycles. The monoisotopic (exact) mass is 224 g/mol. The zero-order valence-corrected chi connectivity index (χ0v) is 9.46. The van der Waals surface area contributed by atoms with Gasteiger partial charge in [0.05, 0.1) is 17.4 Å². The van der Waals surface area contributed by atoms with Gasteiger partial charge >= 0.3 is 0 Å². The van der Waals surface area contributed by atoms with E-state index in [-0.39, 0.29) is 0 Å². The standard InChI is InChI=1S/C13H12N4/c1-17-9-10(8-15-17)16-13-6-7-14-12-5-3-2-4-11(12)13/h2-9H,1H3,(H,14,16). The summed E-state index contributed by atoms with van der Waals surface area (Å²) in [6, 6.07) is 10.0. The molecule has 0 aliphatic rings. The van der Waals surface area contributed by atoms with Crippen LogP contribution in [-0.2, 0) is 7.05 Å². The molecule has 0 bridgehead atoms. The molecule has 0 aliphatic heterocycles. The van der Waals surface area contributed by atoms with Crippen LogP contribution in [0.15, 0.2) is 48.9 Å². The summed E-state index contributed by atoms with van der Waals surface area (Å²) in [5, 5.41) is 8.59. The zero-order valence-electron chi connectivity index (χ0n) is 9.46. The minimum atomic E-state index is 0.976. The third kappa shape index (κ3) is 1.85. The van der Waals surface area contributed by atoms with Gasteiger partial charge in [-0.3, -0.25) is 9.67 Å². The quantitative estimate of drug-likeness (QED) is 0.727. The molecule has 4 nitrogen and oxygen atoms in total. The Morgan fingerprint density at radius 1 is 1.18 bits per heavy atom. The first-order chi connectivity index (χ1) is 8.33. The summed E-state index contributed by atoms with van der Waals surface area (Å²) in [5.41, 5.74) is 3.01. The van der Waals surface area contributed by atoms with Crippen LogP contribution in [0.4, 0.5) is 11.4 Å². The highest BCUT2D eigenvalue weighted by atomic mass is 15.3. The number of aromatic nitrogens is 3. The van der Waals surface area contributed by atoms with Crippen LogP contribution < -0.4 is 5.32 Å². The van der Waals surface area contributed by atoms with Gasteiger partial charge in [0.15, 0.2) is 0 Å². The average Bonchev–Trinajstić information content (AvgIpc) is 2.75. The van der Waals surface area contributed by atoms with Crippen molar-refractivity contribution >= 4 is 22.3 Å². The second-order valence-corrected chi connectivity index (χ2v) is 3.90. The van der Waals surface area contributed by atoms with Gasteiger partial charge in [0.2, 0.25) is 0 Å². The number of pyridine rings is 1. The van der Waals surface area contributed by atoms with Gasteiger partial charge in [-0.2, -0.15) is 5.10 Å². The summed E-state index contributed by atoms with van der Waals surface area (Å²) in [6.45, 7) is 0. The maximum absolute atomic E-state index is 4.33. The molecule has 4 heteroatoms. The number of hydrogen-bond donors (Lipinski definition) is 1. The van der Waals surface area contributed by atoms with Crippen LogP contribution in [0.2, 0.25) is 0 Å². The number of rotatable bonds is 2. The minimum Gasteiger partial charge on any atom is -0.352 e. The topological polar surface area (TPSA) is 42.7 Å². The molecule has 17 heavy (non-hydrogen) atoms. The van der Waals surface area contributed by atoms with E-state index in [9.17, 15) is 0 Å². The van der Waals surface area contributed by atoms with E-state index < -0.39 is 0 Å². The van der Waals surface area contributed by atoms with Gasteiger partial charge in [-0.05, 0) is 12.1 Å². The van der Waals surface area contributed by atoms with E-state index >= 15 is 0 Å². The first-order valence-corrected chi connectivity index (χ1v) is 5.42. The van der Waals surface area contributed by atoms with E-state index in [1.165, 1.54) is 0 Å². The third-order valence-corrected chi connectivity index (χ3v) is 2.63. The van der Waals surface area contributed by atoms with Crippen molar-refractivity contribution in [2.24, 2.45) is 7.05 Å². The molecular weight excluding hydrogens is 212 g/mol. The molecule has 0 fully saturated rings. The second-order valence-electron chi connectivity index (χ2n) is 3.90. The summed E-state index contributed by atoms with van der Waals surface area (Å²) in [7, 11) is 1.90. The van der Waals surface area contributed by atoms with Crippen LogP contribution >= 0.6 is 0 Å². The van der Waals surface area contributed by atoms with Crippen molar-refractivity contribution in [3.63, 3.8) is 0 Å². The highest BCUT2D eigenvalue weighted by Crippen LogP contribution is 2.24. The summed E-state index contributed by atoms with van der Waals surface area (Å²) < 4.78 is 1.77. The SMILES string of the molecule is Cn1cc(Nc2ccnc3ccccc23)cn1. The third-order valence-electron chi connectivity index (χ3n) is 2.63. The van der Waals surface area contributed by atoms with Gasteiger partial charge in [-0.25, -0.2) is 0 Å². The fourth-order valence-electron chi connectivity index (χ4n) is 1.85. The van der Waals surface area contributed by atoms with Crippen molar-refractivity contribution in [3.05, 3.63) is 48.9 Å². The number of hydrogen-bond acceptors (Lipinski definition) is 3. The van der Waals surface area contributed by atoms with E-state index in [0.717, 1.165) is 22.3 Å². The lowest BCUT2D eigenvalue weighted by Crippen LogP contribution is -1.91. The van der Waals surface area contributed by atoms with Crippen LogP contribution in [0.3, 0.4) is 0 Å². The smallest absolute Gasteiger partial charge is 0.0770 e. The number of nitrogens with one attached hydrogen (secondary N) is 1. The van der Waals surface area contributed by atoms with Gasteiger partial charge in [-0.15, -0.1) is 0 Å². The normalized spacial score (nSPS) is 10.6. The van der Waals surface area contributed by atoms with Crippen molar-refractivity contribution in [2.75, 3.05) is 5.32 Å². The Kier molecular flexibility index (Phi) is 2.26. The summed E-state index contributed by atoms with van der Waals surface area (Å²) in [4.78, 5) is 4.33. The highest BCUT2D eigenvalue weighted by Gasteiger charge is 2.02. The largest absolute Gasteiger partial charge is 0.352 e. The molecule has 0 spiro atoms. The maximum Gasteiger partial charge on any atom is 0.0770 e. The average molecular weight is 224 g/mol. The number of anilines is 2. The van der Waals surface area contributed by atoms with E-state index in [1.54, 1.807) is 17.1 Å². The predicted octanol–water partition coefficient (Wildman–Crippen LogP) is 2.71. The molecule has 0 saturated carbocycles. The number of benzene rings is 1. The van der Waals surface area contributed by atoms with Gasteiger partial charge < -0.3 is 5.32 Å².